The van der Waals surface area contributed by atoms with Crippen molar-refractivity contribution < 1.29 is 4.74 Å². The molecule has 0 atom stereocenters. The standard InChI is InChI=1S/C18H36N2O/c1-15(2)21-14-17-12-16(13-17)6-7-19-8-10-20(11-9-19)18(3,4)5/h15-17H,6-14H2,1-5H3. The second-order valence-corrected chi connectivity index (χ2v) is 8.37. The molecule has 3 heteroatoms. The van der Waals surface area contributed by atoms with E-state index >= 15 is 0 Å². The number of hydrogen-bond donors (Lipinski definition) is 0. The first-order valence-electron chi connectivity index (χ1n) is 8.93. The molecule has 2 aliphatic rings. The fourth-order valence-electron chi connectivity index (χ4n) is 3.58. The van der Waals surface area contributed by atoms with Crippen LogP contribution in [0.2, 0.25) is 0 Å². The molecule has 0 N–H and O–H groups in total. The summed E-state index contributed by atoms with van der Waals surface area (Å²) in [7, 11) is 0. The van der Waals surface area contributed by atoms with Gasteiger partial charge in [-0.25, -0.2) is 0 Å². The molecule has 2 fully saturated rings. The van der Waals surface area contributed by atoms with Crippen molar-refractivity contribution in [3.05, 3.63) is 0 Å². The molecule has 0 spiro atoms. The predicted molar refractivity (Wildman–Crippen MR) is 89.7 cm³/mol. The van der Waals surface area contributed by atoms with E-state index in [-0.39, 0.29) is 0 Å². The van der Waals surface area contributed by atoms with Crippen LogP contribution in [-0.4, -0.2) is 60.8 Å². The molecule has 2 rings (SSSR count). The van der Waals surface area contributed by atoms with E-state index in [0.29, 0.717) is 11.6 Å². The lowest BCUT2D eigenvalue weighted by Gasteiger charge is -2.43. The molecule has 0 radical (unpaired) electrons. The first-order chi connectivity index (χ1) is 9.84. The van der Waals surface area contributed by atoms with Crippen LogP contribution >= 0.6 is 0 Å². The molecule has 21 heavy (non-hydrogen) atoms. The molecule has 3 nitrogen and oxygen atoms in total. The van der Waals surface area contributed by atoms with Crippen LogP contribution in [0.15, 0.2) is 0 Å². The van der Waals surface area contributed by atoms with Crippen molar-refractivity contribution in [1.29, 1.82) is 0 Å². The lowest BCUT2D eigenvalue weighted by Crippen LogP contribution is -2.53. The molecule has 1 saturated heterocycles. The normalized spacial score (nSPS) is 28.9. The van der Waals surface area contributed by atoms with E-state index in [2.05, 4.69) is 44.4 Å². The van der Waals surface area contributed by atoms with Gasteiger partial charge in [0.2, 0.25) is 0 Å². The van der Waals surface area contributed by atoms with Crippen molar-refractivity contribution >= 4 is 0 Å². The van der Waals surface area contributed by atoms with Gasteiger partial charge in [-0.2, -0.15) is 0 Å². The van der Waals surface area contributed by atoms with E-state index in [1.54, 1.807) is 0 Å². The summed E-state index contributed by atoms with van der Waals surface area (Å²) in [5.74, 6) is 1.81. The van der Waals surface area contributed by atoms with Gasteiger partial charge in [0.05, 0.1) is 6.10 Å². The Labute approximate surface area is 132 Å². The largest absolute Gasteiger partial charge is 0.379 e. The molecule has 0 amide bonds. The summed E-state index contributed by atoms with van der Waals surface area (Å²) < 4.78 is 5.72. The van der Waals surface area contributed by atoms with Crippen molar-refractivity contribution in [2.45, 2.75) is 65.5 Å². The van der Waals surface area contributed by atoms with Crippen molar-refractivity contribution in [3.8, 4) is 0 Å². The third-order valence-corrected chi connectivity index (χ3v) is 5.17. The van der Waals surface area contributed by atoms with Gasteiger partial charge in [0, 0.05) is 38.3 Å². The number of hydrogen-bond acceptors (Lipinski definition) is 3. The van der Waals surface area contributed by atoms with E-state index in [1.807, 2.05) is 0 Å². The van der Waals surface area contributed by atoms with E-state index in [9.17, 15) is 0 Å². The van der Waals surface area contributed by atoms with Crippen molar-refractivity contribution in [2.24, 2.45) is 11.8 Å². The number of piperazine rings is 1. The Morgan fingerprint density at radius 2 is 1.62 bits per heavy atom. The van der Waals surface area contributed by atoms with Crippen molar-refractivity contribution in [1.82, 2.24) is 9.80 Å². The Bertz CT molecular complexity index is 297. The highest BCUT2D eigenvalue weighted by Gasteiger charge is 2.30. The molecule has 1 saturated carbocycles. The van der Waals surface area contributed by atoms with Crippen LogP contribution in [0.4, 0.5) is 0 Å². The van der Waals surface area contributed by atoms with Crippen LogP contribution in [0.1, 0.15) is 53.9 Å². The Balaban J connectivity index is 1.53. The number of nitrogens with zero attached hydrogens (tertiary/aromatic N) is 2. The quantitative estimate of drug-likeness (QED) is 0.748. The zero-order valence-corrected chi connectivity index (χ0v) is 14.9. The molecule has 1 heterocycles. The van der Waals surface area contributed by atoms with Crippen LogP contribution < -0.4 is 0 Å². The van der Waals surface area contributed by atoms with Gasteiger partial charge in [0.15, 0.2) is 0 Å². The third-order valence-electron chi connectivity index (χ3n) is 5.17. The van der Waals surface area contributed by atoms with Crippen molar-refractivity contribution in [3.63, 3.8) is 0 Å². The third kappa shape index (κ3) is 5.54. The highest BCUT2D eigenvalue weighted by atomic mass is 16.5. The summed E-state index contributed by atoms with van der Waals surface area (Å²) in [6, 6.07) is 0. The van der Waals surface area contributed by atoms with Gasteiger partial charge in [-0.1, -0.05) is 0 Å². The molecule has 1 aliphatic carbocycles. The van der Waals surface area contributed by atoms with Gasteiger partial charge in [0.25, 0.3) is 0 Å². The van der Waals surface area contributed by atoms with Gasteiger partial charge in [-0.15, -0.1) is 0 Å². The molecule has 0 aromatic heterocycles. The zero-order valence-electron chi connectivity index (χ0n) is 14.9. The molecule has 0 unspecified atom stereocenters. The van der Waals surface area contributed by atoms with E-state index in [1.165, 1.54) is 52.0 Å². The molecule has 0 aromatic rings. The predicted octanol–water partition coefficient (Wildman–Crippen LogP) is 3.24. The average molecular weight is 296 g/mol. The highest BCUT2D eigenvalue weighted by molar-refractivity contribution is 4.84. The molecule has 0 aromatic carbocycles. The minimum absolute atomic E-state index is 0.337. The topological polar surface area (TPSA) is 15.7 Å². The van der Waals surface area contributed by atoms with Gasteiger partial charge in [0.1, 0.15) is 0 Å². The maximum atomic E-state index is 5.72. The lowest BCUT2D eigenvalue weighted by molar-refractivity contribution is 0.00451. The van der Waals surface area contributed by atoms with Gasteiger partial charge in [-0.3, -0.25) is 4.90 Å². The molecular formula is C18H36N2O. The van der Waals surface area contributed by atoms with Gasteiger partial charge in [-0.05, 0) is 72.3 Å². The first kappa shape index (κ1) is 17.2. The molecular weight excluding hydrogens is 260 g/mol. The Hall–Kier alpha value is -0.120. The van der Waals surface area contributed by atoms with Gasteiger partial charge >= 0.3 is 0 Å². The summed E-state index contributed by atoms with van der Waals surface area (Å²) in [5, 5.41) is 0. The first-order valence-corrected chi connectivity index (χ1v) is 8.93. The van der Waals surface area contributed by atoms with Crippen LogP contribution in [0.5, 0.6) is 0 Å². The maximum Gasteiger partial charge on any atom is 0.0519 e. The van der Waals surface area contributed by atoms with E-state index in [4.69, 9.17) is 4.74 Å². The molecule has 0 bridgehead atoms. The zero-order chi connectivity index (χ0) is 15.5. The Morgan fingerprint density at radius 1 is 1.00 bits per heavy atom. The van der Waals surface area contributed by atoms with Gasteiger partial charge < -0.3 is 9.64 Å². The second kappa shape index (κ2) is 7.43. The maximum absolute atomic E-state index is 5.72. The lowest BCUT2D eigenvalue weighted by atomic mass is 9.73. The Kier molecular flexibility index (Phi) is 6.10. The van der Waals surface area contributed by atoms with E-state index < -0.39 is 0 Å². The van der Waals surface area contributed by atoms with Crippen molar-refractivity contribution in [2.75, 3.05) is 39.3 Å². The fraction of sp³-hybridized carbons (Fsp3) is 1.00. The highest BCUT2D eigenvalue weighted by Crippen LogP contribution is 2.36. The molecule has 1 aliphatic heterocycles. The number of rotatable bonds is 6. The summed E-state index contributed by atoms with van der Waals surface area (Å²) in [5.41, 5.74) is 0.337. The Morgan fingerprint density at radius 3 is 2.14 bits per heavy atom. The summed E-state index contributed by atoms with van der Waals surface area (Å²) in [6.07, 6.45) is 4.58. The second-order valence-electron chi connectivity index (χ2n) is 8.37. The minimum Gasteiger partial charge on any atom is -0.379 e. The number of ether oxygens (including phenoxy) is 1. The average Bonchev–Trinajstić information content (AvgIpc) is 2.35. The summed E-state index contributed by atoms with van der Waals surface area (Å²) in [6.45, 7) is 18.5. The van der Waals surface area contributed by atoms with Crippen LogP contribution in [0.25, 0.3) is 0 Å². The monoisotopic (exact) mass is 296 g/mol. The molecule has 124 valence electrons. The smallest absolute Gasteiger partial charge is 0.0519 e. The van der Waals surface area contributed by atoms with E-state index in [0.717, 1.165) is 18.4 Å². The summed E-state index contributed by atoms with van der Waals surface area (Å²) >= 11 is 0. The van der Waals surface area contributed by atoms with Crippen LogP contribution in [0.3, 0.4) is 0 Å². The fourth-order valence-corrected chi connectivity index (χ4v) is 3.58. The summed E-state index contributed by atoms with van der Waals surface area (Å²) in [4.78, 5) is 5.28. The SMILES string of the molecule is CC(C)OCC1CC(CCN2CCN(C(C)(C)C)CC2)C1. The minimum atomic E-state index is 0.337. The van der Waals surface area contributed by atoms with Crippen LogP contribution in [0, 0.1) is 11.8 Å². The van der Waals surface area contributed by atoms with Crippen LogP contribution in [-0.2, 0) is 4.74 Å².